The quantitative estimate of drug-likeness (QED) is 0.789. The lowest BCUT2D eigenvalue weighted by molar-refractivity contribution is -0.126. The van der Waals surface area contributed by atoms with Crippen molar-refractivity contribution in [1.29, 1.82) is 0 Å². The third kappa shape index (κ3) is 3.20. The van der Waals surface area contributed by atoms with Crippen LogP contribution in [0.5, 0.6) is 5.75 Å². The Balaban J connectivity index is 1.57. The van der Waals surface area contributed by atoms with E-state index in [4.69, 9.17) is 4.74 Å². The fourth-order valence-corrected chi connectivity index (χ4v) is 3.35. The normalized spacial score (nSPS) is 17.0. The zero-order chi connectivity index (χ0) is 17.9. The number of hydrogen-bond donors (Lipinski definition) is 1. The first kappa shape index (κ1) is 16.4. The minimum atomic E-state index is -0.291. The van der Waals surface area contributed by atoms with Crippen LogP contribution in [0.4, 0.5) is 0 Å². The van der Waals surface area contributed by atoms with Gasteiger partial charge < -0.3 is 14.6 Å². The average Bonchev–Trinajstić information content (AvgIpc) is 3.12. The molecule has 0 unspecified atom stereocenters. The number of para-hydroxylation sites is 1. The molecule has 0 aliphatic carbocycles. The molecule has 5 heteroatoms. The number of aromatic nitrogens is 2. The Morgan fingerprint density at radius 1 is 1.19 bits per heavy atom. The smallest absolute Gasteiger partial charge is 0.227 e. The van der Waals surface area contributed by atoms with Gasteiger partial charge in [0.05, 0.1) is 5.92 Å². The summed E-state index contributed by atoms with van der Waals surface area (Å²) in [6.07, 6.45) is 4.32. The average molecular weight is 347 g/mol. The monoisotopic (exact) mass is 347 g/mol. The first-order chi connectivity index (χ1) is 12.7. The first-order valence-electron chi connectivity index (χ1n) is 8.75. The Labute approximate surface area is 152 Å². The number of amides is 1. The van der Waals surface area contributed by atoms with Crippen molar-refractivity contribution in [2.24, 2.45) is 13.0 Å². The summed E-state index contributed by atoms with van der Waals surface area (Å²) in [5.41, 5.74) is 2.08. The highest BCUT2D eigenvalue weighted by Gasteiger charge is 2.29. The van der Waals surface area contributed by atoms with Gasteiger partial charge >= 0.3 is 0 Å². The van der Waals surface area contributed by atoms with Crippen LogP contribution < -0.4 is 10.1 Å². The molecular formula is C21H21N3O2. The second-order valence-corrected chi connectivity index (χ2v) is 6.57. The Kier molecular flexibility index (Phi) is 4.44. The molecule has 1 aliphatic rings. The number of fused-ring (bicyclic) bond motifs is 1. The molecule has 2 aromatic carbocycles. The number of carbonyl (C=O) groups excluding carboxylic acids is 1. The minimum absolute atomic E-state index is 0.0173. The van der Waals surface area contributed by atoms with Crippen LogP contribution in [0.3, 0.4) is 0 Å². The molecule has 0 bridgehead atoms. The maximum Gasteiger partial charge on any atom is 0.227 e. The summed E-state index contributed by atoms with van der Waals surface area (Å²) in [4.78, 5) is 17.4. The van der Waals surface area contributed by atoms with Crippen LogP contribution in [0.1, 0.15) is 23.0 Å². The van der Waals surface area contributed by atoms with E-state index in [1.165, 1.54) is 0 Å². The fourth-order valence-electron chi connectivity index (χ4n) is 3.35. The summed E-state index contributed by atoms with van der Waals surface area (Å²) in [6, 6.07) is 17.5. The minimum Gasteiger partial charge on any atom is -0.492 e. The second-order valence-electron chi connectivity index (χ2n) is 6.57. The molecule has 26 heavy (non-hydrogen) atoms. The molecule has 1 N–H and O–H groups in total. The zero-order valence-corrected chi connectivity index (χ0v) is 14.6. The van der Waals surface area contributed by atoms with E-state index in [1.54, 1.807) is 6.20 Å². The zero-order valence-electron chi connectivity index (χ0n) is 14.6. The van der Waals surface area contributed by atoms with E-state index in [1.807, 2.05) is 72.4 Å². The molecule has 132 valence electrons. The number of nitrogens with zero attached hydrogens (tertiary/aromatic N) is 2. The standard InChI is InChI=1S/C21H21N3O2/c1-24-12-11-22-20(24)19(15-7-3-2-4-8-15)23-21(25)17-13-16-9-5-6-10-18(16)26-14-17/h2-12,17,19H,13-14H2,1H3,(H,23,25)/t17-,19+/m1/s1. The predicted molar refractivity (Wildman–Crippen MR) is 98.8 cm³/mol. The van der Waals surface area contributed by atoms with Gasteiger partial charge in [-0.05, 0) is 23.6 Å². The molecule has 1 amide bonds. The highest BCUT2D eigenvalue weighted by Crippen LogP contribution is 2.28. The SMILES string of the molecule is Cn1ccnc1[C@@H](NC(=O)[C@H]1COc2ccccc2C1)c1ccccc1. The lowest BCUT2D eigenvalue weighted by Gasteiger charge is -2.27. The summed E-state index contributed by atoms with van der Waals surface area (Å²) in [6.45, 7) is 0.394. The molecule has 3 aromatic rings. The van der Waals surface area contributed by atoms with Crippen molar-refractivity contribution >= 4 is 5.91 Å². The molecule has 5 nitrogen and oxygen atoms in total. The summed E-state index contributed by atoms with van der Waals surface area (Å²) < 4.78 is 7.71. The number of benzene rings is 2. The third-order valence-electron chi connectivity index (χ3n) is 4.79. The number of nitrogens with one attached hydrogen (secondary N) is 1. The van der Waals surface area contributed by atoms with Gasteiger partial charge in [-0.1, -0.05) is 48.5 Å². The summed E-state index contributed by atoms with van der Waals surface area (Å²) in [5, 5.41) is 3.17. The van der Waals surface area contributed by atoms with Gasteiger partial charge in [-0.3, -0.25) is 4.79 Å². The van der Waals surface area contributed by atoms with E-state index < -0.39 is 0 Å². The van der Waals surface area contributed by atoms with E-state index >= 15 is 0 Å². The Morgan fingerprint density at radius 3 is 2.73 bits per heavy atom. The van der Waals surface area contributed by atoms with Crippen LogP contribution in [-0.4, -0.2) is 22.1 Å². The topological polar surface area (TPSA) is 56.2 Å². The highest BCUT2D eigenvalue weighted by molar-refractivity contribution is 5.80. The Bertz CT molecular complexity index is 904. The van der Waals surface area contributed by atoms with Crippen molar-refractivity contribution in [3.63, 3.8) is 0 Å². The van der Waals surface area contributed by atoms with Crippen molar-refractivity contribution in [2.75, 3.05) is 6.61 Å². The van der Waals surface area contributed by atoms with Crippen molar-refractivity contribution < 1.29 is 9.53 Å². The molecule has 1 aromatic heterocycles. The molecule has 1 aliphatic heterocycles. The molecular weight excluding hydrogens is 326 g/mol. The largest absolute Gasteiger partial charge is 0.492 e. The number of carbonyl (C=O) groups is 1. The lowest BCUT2D eigenvalue weighted by atomic mass is 9.95. The van der Waals surface area contributed by atoms with Gasteiger partial charge in [-0.25, -0.2) is 4.98 Å². The molecule has 0 saturated carbocycles. The summed E-state index contributed by atoms with van der Waals surface area (Å²) >= 11 is 0. The van der Waals surface area contributed by atoms with Gasteiger partial charge in [0.15, 0.2) is 0 Å². The van der Waals surface area contributed by atoms with Gasteiger partial charge in [0.25, 0.3) is 0 Å². The molecule has 2 atom stereocenters. The van der Waals surface area contributed by atoms with E-state index in [-0.39, 0.29) is 17.9 Å². The predicted octanol–water partition coefficient (Wildman–Crippen LogP) is 2.88. The number of hydrogen-bond acceptors (Lipinski definition) is 3. The van der Waals surface area contributed by atoms with Gasteiger partial charge in [0.1, 0.15) is 24.2 Å². The van der Waals surface area contributed by atoms with E-state index in [0.717, 1.165) is 22.7 Å². The number of ether oxygens (including phenoxy) is 1. The molecule has 0 fully saturated rings. The van der Waals surface area contributed by atoms with Crippen molar-refractivity contribution in [2.45, 2.75) is 12.5 Å². The fraction of sp³-hybridized carbons (Fsp3) is 0.238. The number of imidazole rings is 1. The molecule has 4 rings (SSSR count). The number of aryl methyl sites for hydroxylation is 1. The van der Waals surface area contributed by atoms with Crippen LogP contribution >= 0.6 is 0 Å². The maximum absolute atomic E-state index is 13.0. The van der Waals surface area contributed by atoms with Gasteiger partial charge in [-0.2, -0.15) is 0 Å². The molecule has 2 heterocycles. The molecule has 0 radical (unpaired) electrons. The first-order valence-corrected chi connectivity index (χ1v) is 8.75. The van der Waals surface area contributed by atoms with Gasteiger partial charge in [-0.15, -0.1) is 0 Å². The van der Waals surface area contributed by atoms with Crippen LogP contribution in [0.2, 0.25) is 0 Å². The maximum atomic E-state index is 13.0. The van der Waals surface area contributed by atoms with Gasteiger partial charge in [0, 0.05) is 19.4 Å². The lowest BCUT2D eigenvalue weighted by Crippen LogP contribution is -2.40. The van der Waals surface area contributed by atoms with E-state index in [9.17, 15) is 4.79 Å². The summed E-state index contributed by atoms with van der Waals surface area (Å²) in [7, 11) is 1.93. The van der Waals surface area contributed by atoms with Gasteiger partial charge in [0.2, 0.25) is 5.91 Å². The van der Waals surface area contributed by atoms with E-state index in [0.29, 0.717) is 13.0 Å². The number of rotatable bonds is 4. The highest BCUT2D eigenvalue weighted by atomic mass is 16.5. The molecule has 0 saturated heterocycles. The van der Waals surface area contributed by atoms with Crippen LogP contribution in [0, 0.1) is 5.92 Å². The van der Waals surface area contributed by atoms with Crippen LogP contribution in [0.15, 0.2) is 67.0 Å². The third-order valence-corrected chi connectivity index (χ3v) is 4.79. The van der Waals surface area contributed by atoms with Crippen molar-refractivity contribution in [1.82, 2.24) is 14.9 Å². The van der Waals surface area contributed by atoms with Crippen LogP contribution in [0.25, 0.3) is 0 Å². The summed E-state index contributed by atoms with van der Waals surface area (Å²) in [5.74, 6) is 1.45. The van der Waals surface area contributed by atoms with Crippen LogP contribution in [-0.2, 0) is 18.3 Å². The van der Waals surface area contributed by atoms with Crippen molar-refractivity contribution in [3.05, 3.63) is 83.9 Å². The second kappa shape index (κ2) is 7.04. The Morgan fingerprint density at radius 2 is 1.96 bits per heavy atom. The van der Waals surface area contributed by atoms with Crippen molar-refractivity contribution in [3.8, 4) is 5.75 Å². The Hall–Kier alpha value is -3.08. The van der Waals surface area contributed by atoms with E-state index in [2.05, 4.69) is 10.3 Å². The molecule has 0 spiro atoms.